The van der Waals surface area contributed by atoms with Crippen molar-refractivity contribution in [3.05, 3.63) is 42.2 Å². The summed E-state index contributed by atoms with van der Waals surface area (Å²) in [5.41, 5.74) is 8.43. The molecule has 3 heterocycles. The molecule has 0 bridgehead atoms. The molecule has 0 aliphatic rings. The summed E-state index contributed by atoms with van der Waals surface area (Å²) < 4.78 is 10.1. The fourth-order valence-corrected chi connectivity index (χ4v) is 2.58. The Morgan fingerprint density at radius 3 is 2.96 bits per heavy atom. The summed E-state index contributed by atoms with van der Waals surface area (Å²) in [6, 6.07) is 7.70. The summed E-state index contributed by atoms with van der Waals surface area (Å²) in [6.07, 6.45) is 1.70. The van der Waals surface area contributed by atoms with Crippen molar-refractivity contribution in [1.29, 1.82) is 0 Å². The third-order valence-electron chi connectivity index (χ3n) is 3.72. The number of nitrogens with zero attached hydrogens (tertiary/aromatic N) is 5. The molecule has 0 aliphatic heterocycles. The van der Waals surface area contributed by atoms with E-state index in [0.29, 0.717) is 30.7 Å². The van der Waals surface area contributed by atoms with Gasteiger partial charge in [0.2, 0.25) is 11.8 Å². The molecule has 0 spiro atoms. The highest BCUT2D eigenvalue weighted by molar-refractivity contribution is 5.92. The van der Waals surface area contributed by atoms with Gasteiger partial charge in [-0.25, -0.2) is 4.98 Å². The zero-order valence-corrected chi connectivity index (χ0v) is 13.9. The number of nitrogens with one attached hydrogen (secondary N) is 2. The minimum Gasteiger partial charge on any atom is -0.377 e. The number of methoxy groups -OCH3 is 1. The van der Waals surface area contributed by atoms with E-state index in [1.54, 1.807) is 13.3 Å². The molecular formula is C16H16N8O2. The van der Waals surface area contributed by atoms with E-state index >= 15 is 0 Å². The molecule has 0 fully saturated rings. The molecule has 10 heteroatoms. The molecule has 0 unspecified atom stereocenters. The van der Waals surface area contributed by atoms with Gasteiger partial charge in [-0.2, -0.15) is 15.1 Å². The number of H-pyrrole nitrogens is 1. The lowest BCUT2D eigenvalue weighted by Gasteiger charge is -2.09. The number of nitrogen functional groups attached to an aromatic ring is 1. The Labute approximate surface area is 147 Å². The second-order valence-corrected chi connectivity index (χ2v) is 5.52. The van der Waals surface area contributed by atoms with Gasteiger partial charge in [0, 0.05) is 24.3 Å². The first kappa shape index (κ1) is 16.0. The van der Waals surface area contributed by atoms with Crippen LogP contribution < -0.4 is 11.1 Å². The highest BCUT2D eigenvalue weighted by Crippen LogP contribution is 2.26. The van der Waals surface area contributed by atoms with Crippen LogP contribution in [0.1, 0.15) is 11.7 Å². The van der Waals surface area contributed by atoms with Crippen LogP contribution in [-0.4, -0.2) is 37.4 Å². The molecule has 3 aromatic heterocycles. The van der Waals surface area contributed by atoms with E-state index in [4.69, 9.17) is 15.0 Å². The number of hydrogen-bond donors (Lipinski definition) is 3. The van der Waals surface area contributed by atoms with Crippen molar-refractivity contribution in [3.63, 3.8) is 0 Å². The van der Waals surface area contributed by atoms with Crippen molar-refractivity contribution < 1.29 is 9.26 Å². The summed E-state index contributed by atoms with van der Waals surface area (Å²) in [6.45, 7) is 0.605. The predicted molar refractivity (Wildman–Crippen MR) is 93.9 cm³/mol. The zero-order chi connectivity index (χ0) is 17.9. The van der Waals surface area contributed by atoms with Crippen molar-refractivity contribution in [1.82, 2.24) is 30.3 Å². The molecule has 0 saturated heterocycles. The normalized spacial score (nSPS) is 11.1. The summed E-state index contributed by atoms with van der Waals surface area (Å²) in [7, 11) is 1.57. The maximum Gasteiger partial charge on any atom is 0.246 e. The highest BCUT2D eigenvalue weighted by atomic mass is 16.5. The number of ether oxygens (including phenoxy) is 1. The Hall–Kier alpha value is -3.53. The SMILES string of the molecule is COCc1noc(CNc2nc(N)nc3cc(-c4ccn[nH]4)ccc23)n1. The smallest absolute Gasteiger partial charge is 0.246 e. The van der Waals surface area contributed by atoms with Crippen LogP contribution in [0.3, 0.4) is 0 Å². The van der Waals surface area contributed by atoms with E-state index in [-0.39, 0.29) is 5.95 Å². The van der Waals surface area contributed by atoms with Crippen molar-refractivity contribution in [2.45, 2.75) is 13.2 Å². The van der Waals surface area contributed by atoms with E-state index in [2.05, 4.69) is 35.6 Å². The molecule has 1 aromatic carbocycles. The second kappa shape index (κ2) is 6.76. The monoisotopic (exact) mass is 352 g/mol. The molecule has 0 aliphatic carbocycles. The molecule has 26 heavy (non-hydrogen) atoms. The second-order valence-electron chi connectivity index (χ2n) is 5.52. The fraction of sp³-hybridized carbons (Fsp3) is 0.188. The molecule has 132 valence electrons. The molecule has 0 saturated carbocycles. The van der Waals surface area contributed by atoms with Gasteiger partial charge in [0.1, 0.15) is 12.4 Å². The van der Waals surface area contributed by atoms with Crippen LogP contribution in [0.2, 0.25) is 0 Å². The third-order valence-corrected chi connectivity index (χ3v) is 3.72. The Bertz CT molecular complexity index is 1030. The van der Waals surface area contributed by atoms with Gasteiger partial charge in [0.05, 0.1) is 17.8 Å². The first-order valence-electron chi connectivity index (χ1n) is 7.84. The quantitative estimate of drug-likeness (QED) is 0.473. The summed E-state index contributed by atoms with van der Waals surface area (Å²) in [5, 5.41) is 14.7. The largest absolute Gasteiger partial charge is 0.377 e. The molecule has 4 N–H and O–H groups in total. The maximum atomic E-state index is 5.86. The first-order chi connectivity index (χ1) is 12.7. The van der Waals surface area contributed by atoms with E-state index < -0.39 is 0 Å². The van der Waals surface area contributed by atoms with Gasteiger partial charge in [-0.1, -0.05) is 11.2 Å². The number of anilines is 2. The average Bonchev–Trinajstić information content (AvgIpc) is 3.31. The van der Waals surface area contributed by atoms with E-state index in [1.165, 1.54) is 0 Å². The van der Waals surface area contributed by atoms with Gasteiger partial charge >= 0.3 is 0 Å². The van der Waals surface area contributed by atoms with Gasteiger partial charge < -0.3 is 20.3 Å². The van der Waals surface area contributed by atoms with Crippen LogP contribution >= 0.6 is 0 Å². The summed E-state index contributed by atoms with van der Waals surface area (Å²) in [5.74, 6) is 1.68. The molecular weight excluding hydrogens is 336 g/mol. The Morgan fingerprint density at radius 2 is 2.15 bits per heavy atom. The average molecular weight is 352 g/mol. The molecule has 0 amide bonds. The van der Waals surface area contributed by atoms with Gasteiger partial charge in [-0.3, -0.25) is 5.10 Å². The van der Waals surface area contributed by atoms with Gasteiger partial charge in [-0.15, -0.1) is 0 Å². The van der Waals surface area contributed by atoms with Crippen LogP contribution in [0.15, 0.2) is 35.0 Å². The van der Waals surface area contributed by atoms with Crippen molar-refractivity contribution >= 4 is 22.7 Å². The lowest BCUT2D eigenvalue weighted by Crippen LogP contribution is -2.06. The van der Waals surface area contributed by atoms with Crippen LogP contribution in [0, 0.1) is 0 Å². The number of rotatable bonds is 6. The molecule has 4 aromatic rings. The number of aromatic nitrogens is 6. The van der Waals surface area contributed by atoms with E-state index in [1.807, 2.05) is 24.3 Å². The van der Waals surface area contributed by atoms with Crippen molar-refractivity contribution in [2.24, 2.45) is 0 Å². The summed E-state index contributed by atoms with van der Waals surface area (Å²) >= 11 is 0. The predicted octanol–water partition coefficient (Wildman–Crippen LogP) is 1.74. The topological polar surface area (TPSA) is 141 Å². The number of aromatic amines is 1. The number of hydrogen-bond acceptors (Lipinski definition) is 9. The maximum absolute atomic E-state index is 5.86. The molecule has 0 radical (unpaired) electrons. The van der Waals surface area contributed by atoms with Crippen molar-refractivity contribution in [3.8, 4) is 11.3 Å². The first-order valence-corrected chi connectivity index (χ1v) is 7.84. The zero-order valence-electron chi connectivity index (χ0n) is 13.9. The number of benzene rings is 1. The van der Waals surface area contributed by atoms with Gasteiger partial charge in [0.25, 0.3) is 0 Å². The van der Waals surface area contributed by atoms with E-state index in [9.17, 15) is 0 Å². The van der Waals surface area contributed by atoms with E-state index in [0.717, 1.165) is 22.2 Å². The number of fused-ring (bicyclic) bond motifs is 1. The van der Waals surface area contributed by atoms with Crippen LogP contribution in [0.25, 0.3) is 22.2 Å². The lowest BCUT2D eigenvalue weighted by atomic mass is 10.1. The standard InChI is InChI=1S/C16H16N8O2/c1-25-8-13-21-14(26-24-13)7-18-15-10-3-2-9(11-4-5-19-23-11)6-12(10)20-16(17)22-15/h2-6H,7-8H2,1H3,(H,19,23)(H3,17,18,20,22). The van der Waals surface area contributed by atoms with Gasteiger partial charge in [-0.05, 0) is 18.2 Å². The third kappa shape index (κ3) is 3.17. The van der Waals surface area contributed by atoms with Crippen molar-refractivity contribution in [2.75, 3.05) is 18.2 Å². The van der Waals surface area contributed by atoms with Gasteiger partial charge in [0.15, 0.2) is 5.82 Å². The van der Waals surface area contributed by atoms with Crippen LogP contribution in [-0.2, 0) is 17.9 Å². The Morgan fingerprint density at radius 1 is 1.23 bits per heavy atom. The lowest BCUT2D eigenvalue weighted by molar-refractivity contribution is 0.174. The van der Waals surface area contributed by atoms with Crippen LogP contribution in [0.4, 0.5) is 11.8 Å². The van der Waals surface area contributed by atoms with Crippen LogP contribution in [0.5, 0.6) is 0 Å². The highest BCUT2D eigenvalue weighted by Gasteiger charge is 2.11. The molecule has 4 rings (SSSR count). The molecule has 0 atom stereocenters. The summed E-state index contributed by atoms with van der Waals surface area (Å²) in [4.78, 5) is 12.8. The number of nitrogens with two attached hydrogens (primary N) is 1. The molecule has 10 nitrogen and oxygen atoms in total. The minimum absolute atomic E-state index is 0.173. The Balaban J connectivity index is 1.61. The fourth-order valence-electron chi connectivity index (χ4n) is 2.58. The minimum atomic E-state index is 0.173. The Kier molecular flexibility index (Phi) is 4.15.